The van der Waals surface area contributed by atoms with Crippen molar-refractivity contribution in [2.24, 2.45) is 5.92 Å². The van der Waals surface area contributed by atoms with Crippen molar-refractivity contribution in [2.75, 3.05) is 13.1 Å². The maximum absolute atomic E-state index is 12.5. The Hall–Kier alpha value is -2.83. The molecule has 1 heterocycles. The number of fused-ring (bicyclic) bond motifs is 1. The van der Waals surface area contributed by atoms with Crippen molar-refractivity contribution < 1.29 is 14.4 Å². The second kappa shape index (κ2) is 9.03. The smallest absolute Gasteiger partial charge is 0.242 e. The molecular weight excluding hydrogens is 332 g/mol. The number of amides is 3. The number of hydrogen-bond acceptors (Lipinski definition) is 3. The fraction of sp³-hybridized carbons (Fsp3) is 0.421. The predicted molar refractivity (Wildman–Crippen MR) is 100 cm³/mol. The van der Waals surface area contributed by atoms with Crippen LogP contribution in [0.3, 0.4) is 0 Å². The highest BCUT2D eigenvalue weighted by Gasteiger charge is 2.21. The molecule has 3 amide bonds. The van der Waals surface area contributed by atoms with Crippen molar-refractivity contribution in [3.8, 4) is 0 Å². The van der Waals surface area contributed by atoms with Crippen LogP contribution in [0.25, 0.3) is 10.9 Å². The van der Waals surface area contributed by atoms with Gasteiger partial charge in [-0.3, -0.25) is 14.4 Å². The zero-order valence-electron chi connectivity index (χ0n) is 15.4. The number of nitrogens with one attached hydrogen (secondary N) is 4. The first-order valence-electron chi connectivity index (χ1n) is 8.76. The lowest BCUT2D eigenvalue weighted by Gasteiger charge is -2.18. The molecule has 0 saturated carbocycles. The third kappa shape index (κ3) is 5.34. The minimum Gasteiger partial charge on any atom is -0.361 e. The third-order valence-corrected chi connectivity index (χ3v) is 4.04. The Morgan fingerprint density at radius 1 is 1.04 bits per heavy atom. The number of para-hydroxylation sites is 1. The molecule has 0 fully saturated rings. The second-order valence-electron chi connectivity index (χ2n) is 6.55. The van der Waals surface area contributed by atoms with E-state index in [0.29, 0.717) is 19.5 Å². The van der Waals surface area contributed by atoms with Crippen LogP contribution in [0.1, 0.15) is 26.3 Å². The summed E-state index contributed by atoms with van der Waals surface area (Å²) in [6.45, 7) is 5.66. The highest BCUT2D eigenvalue weighted by Crippen LogP contribution is 2.19. The van der Waals surface area contributed by atoms with Gasteiger partial charge in [-0.15, -0.1) is 0 Å². The van der Waals surface area contributed by atoms with E-state index in [-0.39, 0.29) is 23.6 Å². The minimum absolute atomic E-state index is 0.0588. The maximum atomic E-state index is 12.5. The zero-order valence-corrected chi connectivity index (χ0v) is 15.4. The molecule has 4 N–H and O–H groups in total. The first-order chi connectivity index (χ1) is 12.4. The highest BCUT2D eigenvalue weighted by molar-refractivity contribution is 5.89. The zero-order chi connectivity index (χ0) is 19.1. The van der Waals surface area contributed by atoms with Gasteiger partial charge < -0.3 is 20.9 Å². The lowest BCUT2D eigenvalue weighted by atomic mass is 10.0. The molecule has 7 heteroatoms. The molecule has 1 aromatic heterocycles. The van der Waals surface area contributed by atoms with E-state index in [1.807, 2.05) is 44.3 Å². The molecule has 26 heavy (non-hydrogen) atoms. The highest BCUT2D eigenvalue weighted by atomic mass is 16.2. The minimum atomic E-state index is -0.674. The Kier molecular flexibility index (Phi) is 6.77. The molecule has 1 aromatic carbocycles. The number of hydrogen-bond donors (Lipinski definition) is 4. The largest absolute Gasteiger partial charge is 0.361 e. The fourth-order valence-electron chi connectivity index (χ4n) is 2.67. The van der Waals surface area contributed by atoms with Crippen LogP contribution in [-0.4, -0.2) is 41.8 Å². The molecule has 140 valence electrons. The van der Waals surface area contributed by atoms with Crippen LogP contribution in [-0.2, 0) is 20.8 Å². The number of rotatable bonds is 8. The number of carbonyl (C=O) groups is 3. The van der Waals surface area contributed by atoms with Crippen molar-refractivity contribution in [1.29, 1.82) is 0 Å². The first kappa shape index (κ1) is 19.5. The van der Waals surface area contributed by atoms with E-state index in [2.05, 4.69) is 20.9 Å². The van der Waals surface area contributed by atoms with Gasteiger partial charge in [0.25, 0.3) is 0 Å². The Bertz CT molecular complexity index is 782. The van der Waals surface area contributed by atoms with Crippen molar-refractivity contribution >= 4 is 28.6 Å². The quantitative estimate of drug-likeness (QED) is 0.531. The van der Waals surface area contributed by atoms with Crippen LogP contribution in [0.4, 0.5) is 0 Å². The number of H-pyrrole nitrogens is 1. The average Bonchev–Trinajstić information content (AvgIpc) is 3.00. The Labute approximate surface area is 152 Å². The van der Waals surface area contributed by atoms with Gasteiger partial charge in [-0.25, -0.2) is 0 Å². The number of benzene rings is 1. The van der Waals surface area contributed by atoms with Crippen molar-refractivity contribution in [3.05, 3.63) is 36.0 Å². The van der Waals surface area contributed by atoms with Crippen LogP contribution < -0.4 is 16.0 Å². The molecule has 0 aliphatic carbocycles. The number of aromatic nitrogens is 1. The van der Waals surface area contributed by atoms with Gasteiger partial charge in [-0.2, -0.15) is 0 Å². The summed E-state index contributed by atoms with van der Waals surface area (Å²) in [7, 11) is 0. The monoisotopic (exact) mass is 358 g/mol. The summed E-state index contributed by atoms with van der Waals surface area (Å²) < 4.78 is 0. The summed E-state index contributed by atoms with van der Waals surface area (Å²) in [5.41, 5.74) is 1.95. The first-order valence-corrected chi connectivity index (χ1v) is 8.76. The van der Waals surface area contributed by atoms with E-state index < -0.39 is 6.04 Å². The Morgan fingerprint density at radius 3 is 2.35 bits per heavy atom. The molecule has 0 aliphatic rings. The summed E-state index contributed by atoms with van der Waals surface area (Å²) in [5.74, 6) is -0.696. The van der Waals surface area contributed by atoms with Gasteiger partial charge in [0.15, 0.2) is 0 Å². The van der Waals surface area contributed by atoms with Crippen LogP contribution >= 0.6 is 0 Å². The van der Waals surface area contributed by atoms with Crippen LogP contribution in [0, 0.1) is 5.92 Å². The van der Waals surface area contributed by atoms with E-state index >= 15 is 0 Å². The molecule has 7 nitrogen and oxygen atoms in total. The Morgan fingerprint density at radius 2 is 1.69 bits per heavy atom. The van der Waals surface area contributed by atoms with E-state index in [1.54, 1.807) is 0 Å². The summed E-state index contributed by atoms with van der Waals surface area (Å²) >= 11 is 0. The van der Waals surface area contributed by atoms with Crippen molar-refractivity contribution in [1.82, 2.24) is 20.9 Å². The van der Waals surface area contributed by atoms with Gasteiger partial charge in [-0.05, 0) is 11.6 Å². The molecule has 0 spiro atoms. The predicted octanol–water partition coefficient (Wildman–Crippen LogP) is 1.10. The molecule has 0 saturated heterocycles. The van der Waals surface area contributed by atoms with Crippen LogP contribution in [0.2, 0.25) is 0 Å². The molecule has 0 radical (unpaired) electrons. The Balaban J connectivity index is 1.96. The molecular formula is C19H26N4O3. The SMILES string of the molecule is CC(=O)NC(Cc1c[nH]c2ccccc12)C(=O)NCCNC(=O)C(C)C. The number of carbonyl (C=O) groups excluding carboxylic acids is 3. The standard InChI is InChI=1S/C19H26N4O3/c1-12(2)18(25)20-8-9-21-19(26)17(23-13(3)24)10-14-11-22-16-7-5-4-6-15(14)16/h4-7,11-12,17,22H,8-10H2,1-3H3,(H,20,25)(H,21,26)(H,23,24). The molecule has 2 rings (SSSR count). The van der Waals surface area contributed by atoms with Gasteiger partial charge >= 0.3 is 0 Å². The summed E-state index contributed by atoms with van der Waals surface area (Å²) in [6.07, 6.45) is 2.24. The molecule has 2 aromatic rings. The third-order valence-electron chi connectivity index (χ3n) is 4.04. The fourth-order valence-corrected chi connectivity index (χ4v) is 2.67. The van der Waals surface area contributed by atoms with Crippen molar-refractivity contribution in [2.45, 2.75) is 33.2 Å². The topological polar surface area (TPSA) is 103 Å². The lowest BCUT2D eigenvalue weighted by Crippen LogP contribution is -2.49. The van der Waals surface area contributed by atoms with Crippen LogP contribution in [0.5, 0.6) is 0 Å². The molecule has 1 unspecified atom stereocenters. The normalized spacial score (nSPS) is 12.0. The van der Waals surface area contributed by atoms with Gasteiger partial charge in [0.05, 0.1) is 0 Å². The van der Waals surface area contributed by atoms with E-state index in [1.165, 1.54) is 6.92 Å². The second-order valence-corrected chi connectivity index (χ2v) is 6.55. The van der Waals surface area contributed by atoms with Gasteiger partial charge in [0.1, 0.15) is 6.04 Å². The van der Waals surface area contributed by atoms with E-state index in [4.69, 9.17) is 0 Å². The molecule has 0 bridgehead atoms. The van der Waals surface area contributed by atoms with E-state index in [0.717, 1.165) is 16.5 Å². The average molecular weight is 358 g/mol. The summed E-state index contributed by atoms with van der Waals surface area (Å²) in [4.78, 5) is 38.6. The number of aromatic amines is 1. The van der Waals surface area contributed by atoms with Crippen LogP contribution in [0.15, 0.2) is 30.5 Å². The molecule has 0 aliphatic heterocycles. The summed E-state index contributed by atoms with van der Waals surface area (Å²) in [6, 6.07) is 7.14. The van der Waals surface area contributed by atoms with E-state index in [9.17, 15) is 14.4 Å². The molecule has 1 atom stereocenters. The maximum Gasteiger partial charge on any atom is 0.242 e. The van der Waals surface area contributed by atoms with Crippen molar-refractivity contribution in [3.63, 3.8) is 0 Å². The van der Waals surface area contributed by atoms with Gasteiger partial charge in [0.2, 0.25) is 17.7 Å². The summed E-state index contributed by atoms with van der Waals surface area (Å²) in [5, 5.41) is 9.23. The van der Waals surface area contributed by atoms with Gasteiger partial charge in [-0.1, -0.05) is 32.0 Å². The lowest BCUT2D eigenvalue weighted by molar-refractivity contribution is -0.128. The van der Waals surface area contributed by atoms with Gasteiger partial charge in [0, 0.05) is 49.5 Å².